The van der Waals surface area contributed by atoms with Crippen LogP contribution in [0.2, 0.25) is 0 Å². The van der Waals surface area contributed by atoms with Crippen LogP contribution in [0.25, 0.3) is 0 Å². The first-order valence-corrected chi connectivity index (χ1v) is 6.01. The number of hydrogen-bond donors (Lipinski definition) is 1. The number of nitrogens with one attached hydrogen (secondary N) is 1. The smallest absolute Gasteiger partial charge is 0.00697 e. The van der Waals surface area contributed by atoms with Crippen molar-refractivity contribution in [3.63, 3.8) is 0 Å². The molecule has 1 fully saturated rings. The molecule has 0 bridgehead atoms. The lowest BCUT2D eigenvalue weighted by Gasteiger charge is -2.18. The summed E-state index contributed by atoms with van der Waals surface area (Å²) < 4.78 is 0. The van der Waals surface area contributed by atoms with Crippen molar-refractivity contribution in [1.82, 2.24) is 5.32 Å². The van der Waals surface area contributed by atoms with E-state index in [4.69, 9.17) is 0 Å². The summed E-state index contributed by atoms with van der Waals surface area (Å²) in [6.07, 6.45) is 7.06. The molecule has 1 saturated carbocycles. The fourth-order valence-corrected chi connectivity index (χ4v) is 2.70. The van der Waals surface area contributed by atoms with Crippen molar-refractivity contribution in [3.05, 3.63) is 0 Å². The second-order valence-corrected chi connectivity index (χ2v) is 4.59. The van der Waals surface area contributed by atoms with Crippen LogP contribution in [0.1, 0.15) is 52.9 Å². The predicted molar refractivity (Wildman–Crippen MR) is 58.9 cm³/mol. The molecule has 0 aliphatic heterocycles. The molecule has 3 unspecified atom stereocenters. The molecular formula is C12H25N. The fraction of sp³-hybridized carbons (Fsp3) is 1.00. The lowest BCUT2D eigenvalue weighted by Crippen LogP contribution is -2.26. The topological polar surface area (TPSA) is 12.0 Å². The van der Waals surface area contributed by atoms with Gasteiger partial charge in [-0.05, 0) is 37.6 Å². The van der Waals surface area contributed by atoms with Crippen molar-refractivity contribution >= 4 is 0 Å². The van der Waals surface area contributed by atoms with E-state index >= 15 is 0 Å². The van der Waals surface area contributed by atoms with E-state index in [1.807, 2.05) is 0 Å². The van der Waals surface area contributed by atoms with E-state index in [1.165, 1.54) is 32.1 Å². The molecule has 1 aliphatic rings. The molecule has 0 heterocycles. The molecule has 1 nitrogen and oxygen atoms in total. The van der Waals surface area contributed by atoms with Crippen LogP contribution in [-0.2, 0) is 0 Å². The van der Waals surface area contributed by atoms with Crippen LogP contribution >= 0.6 is 0 Å². The van der Waals surface area contributed by atoms with Crippen molar-refractivity contribution in [1.29, 1.82) is 0 Å². The summed E-state index contributed by atoms with van der Waals surface area (Å²) >= 11 is 0. The highest BCUT2D eigenvalue weighted by Gasteiger charge is 2.27. The van der Waals surface area contributed by atoms with Crippen LogP contribution < -0.4 is 5.32 Å². The summed E-state index contributed by atoms with van der Waals surface area (Å²) in [5, 5.41) is 3.57. The molecular weight excluding hydrogens is 158 g/mol. The third kappa shape index (κ3) is 3.30. The van der Waals surface area contributed by atoms with Gasteiger partial charge >= 0.3 is 0 Å². The molecule has 1 N–H and O–H groups in total. The SMILES string of the molecule is CCCC(C)C1CCC(NCC)C1. The quantitative estimate of drug-likeness (QED) is 0.690. The molecule has 0 radical (unpaired) electrons. The van der Waals surface area contributed by atoms with Gasteiger partial charge in [0.05, 0.1) is 0 Å². The molecule has 0 aromatic heterocycles. The highest BCUT2D eigenvalue weighted by molar-refractivity contribution is 4.82. The Bertz CT molecular complexity index is 133. The third-order valence-corrected chi connectivity index (χ3v) is 3.51. The molecule has 1 aliphatic carbocycles. The van der Waals surface area contributed by atoms with E-state index in [0.29, 0.717) is 0 Å². The fourth-order valence-electron chi connectivity index (χ4n) is 2.70. The van der Waals surface area contributed by atoms with Gasteiger partial charge in [-0.3, -0.25) is 0 Å². The van der Waals surface area contributed by atoms with Crippen molar-refractivity contribution in [2.45, 2.75) is 58.9 Å². The zero-order valence-corrected chi connectivity index (χ0v) is 9.47. The monoisotopic (exact) mass is 183 g/mol. The largest absolute Gasteiger partial charge is 0.314 e. The Labute approximate surface area is 83.3 Å². The standard InChI is InChI=1S/C12H25N/c1-4-6-10(3)11-7-8-12(9-11)13-5-2/h10-13H,4-9H2,1-3H3. The van der Waals surface area contributed by atoms with Crippen LogP contribution in [0.5, 0.6) is 0 Å². The van der Waals surface area contributed by atoms with Crippen molar-refractivity contribution in [2.24, 2.45) is 11.8 Å². The van der Waals surface area contributed by atoms with Gasteiger partial charge in [0.1, 0.15) is 0 Å². The van der Waals surface area contributed by atoms with Crippen molar-refractivity contribution in [3.8, 4) is 0 Å². The summed E-state index contributed by atoms with van der Waals surface area (Å²) in [4.78, 5) is 0. The predicted octanol–water partition coefficient (Wildman–Crippen LogP) is 3.20. The summed E-state index contributed by atoms with van der Waals surface area (Å²) in [5.41, 5.74) is 0. The third-order valence-electron chi connectivity index (χ3n) is 3.51. The van der Waals surface area contributed by atoms with Gasteiger partial charge in [-0.15, -0.1) is 0 Å². The molecule has 1 rings (SSSR count). The second kappa shape index (κ2) is 5.64. The summed E-state index contributed by atoms with van der Waals surface area (Å²) in [6.45, 7) is 8.08. The van der Waals surface area contributed by atoms with E-state index in [2.05, 4.69) is 26.1 Å². The number of rotatable bonds is 5. The minimum absolute atomic E-state index is 0.828. The lowest BCUT2D eigenvalue weighted by molar-refractivity contribution is 0.335. The van der Waals surface area contributed by atoms with Crippen LogP contribution in [0.4, 0.5) is 0 Å². The highest BCUT2D eigenvalue weighted by Crippen LogP contribution is 2.33. The molecule has 78 valence electrons. The maximum atomic E-state index is 3.57. The van der Waals surface area contributed by atoms with Gasteiger partial charge in [-0.25, -0.2) is 0 Å². The Morgan fingerprint density at radius 2 is 2.08 bits per heavy atom. The first kappa shape index (κ1) is 11.0. The molecule has 0 spiro atoms. The molecule has 1 heteroatoms. The second-order valence-electron chi connectivity index (χ2n) is 4.59. The molecule has 13 heavy (non-hydrogen) atoms. The van der Waals surface area contributed by atoms with Crippen LogP contribution in [0.3, 0.4) is 0 Å². The normalized spacial score (nSPS) is 30.7. The van der Waals surface area contributed by atoms with Gasteiger partial charge in [0, 0.05) is 6.04 Å². The Morgan fingerprint density at radius 1 is 1.31 bits per heavy atom. The molecule has 0 aromatic rings. The van der Waals surface area contributed by atoms with Gasteiger partial charge in [-0.1, -0.05) is 33.6 Å². The summed E-state index contributed by atoms with van der Waals surface area (Å²) in [6, 6.07) is 0.828. The van der Waals surface area contributed by atoms with Gasteiger partial charge in [0.15, 0.2) is 0 Å². The average Bonchev–Trinajstić information content (AvgIpc) is 2.54. The summed E-state index contributed by atoms with van der Waals surface area (Å²) in [5.74, 6) is 1.96. The summed E-state index contributed by atoms with van der Waals surface area (Å²) in [7, 11) is 0. The first-order valence-electron chi connectivity index (χ1n) is 6.01. The molecule has 0 aromatic carbocycles. The van der Waals surface area contributed by atoms with Crippen LogP contribution in [-0.4, -0.2) is 12.6 Å². The van der Waals surface area contributed by atoms with E-state index in [-0.39, 0.29) is 0 Å². The van der Waals surface area contributed by atoms with Gasteiger partial charge in [0.2, 0.25) is 0 Å². The van der Waals surface area contributed by atoms with E-state index < -0.39 is 0 Å². The van der Waals surface area contributed by atoms with E-state index in [0.717, 1.165) is 24.4 Å². The first-order chi connectivity index (χ1) is 6.27. The Balaban J connectivity index is 2.23. The van der Waals surface area contributed by atoms with Crippen molar-refractivity contribution in [2.75, 3.05) is 6.54 Å². The van der Waals surface area contributed by atoms with E-state index in [9.17, 15) is 0 Å². The maximum Gasteiger partial charge on any atom is 0.00697 e. The Kier molecular flexibility index (Phi) is 4.79. The number of hydrogen-bond acceptors (Lipinski definition) is 1. The Morgan fingerprint density at radius 3 is 2.69 bits per heavy atom. The minimum Gasteiger partial charge on any atom is -0.314 e. The highest BCUT2D eigenvalue weighted by atomic mass is 14.9. The zero-order valence-electron chi connectivity index (χ0n) is 9.47. The van der Waals surface area contributed by atoms with Gasteiger partial charge in [0.25, 0.3) is 0 Å². The average molecular weight is 183 g/mol. The van der Waals surface area contributed by atoms with Gasteiger partial charge < -0.3 is 5.32 Å². The Hall–Kier alpha value is -0.0400. The van der Waals surface area contributed by atoms with Gasteiger partial charge in [-0.2, -0.15) is 0 Å². The molecule has 3 atom stereocenters. The maximum absolute atomic E-state index is 3.57. The van der Waals surface area contributed by atoms with E-state index in [1.54, 1.807) is 0 Å². The molecule has 0 saturated heterocycles. The molecule has 0 amide bonds. The van der Waals surface area contributed by atoms with Crippen LogP contribution in [0.15, 0.2) is 0 Å². The van der Waals surface area contributed by atoms with Crippen molar-refractivity contribution < 1.29 is 0 Å². The zero-order chi connectivity index (χ0) is 9.68. The van der Waals surface area contributed by atoms with Crippen LogP contribution in [0, 0.1) is 11.8 Å². The lowest BCUT2D eigenvalue weighted by atomic mass is 9.89. The minimum atomic E-state index is 0.828.